The van der Waals surface area contributed by atoms with E-state index in [4.69, 9.17) is 11.6 Å². The fraction of sp³-hybridized carbons (Fsp3) is 0.0588. The summed E-state index contributed by atoms with van der Waals surface area (Å²) in [5.41, 5.74) is 1.96. The van der Waals surface area contributed by atoms with Crippen molar-refractivity contribution < 1.29 is 9.72 Å². The zero-order valence-electron chi connectivity index (χ0n) is 13.0. The summed E-state index contributed by atoms with van der Waals surface area (Å²) in [6, 6.07) is 11.6. The lowest BCUT2D eigenvalue weighted by Gasteiger charge is -2.01. The molecule has 6 nitrogen and oxygen atoms in total. The second-order valence-corrected chi connectivity index (χ2v) is 6.67. The number of aliphatic imine (C=N–C) groups is 1. The molecule has 1 aliphatic heterocycles. The average molecular weight is 374 g/mol. The van der Waals surface area contributed by atoms with E-state index >= 15 is 0 Å². The van der Waals surface area contributed by atoms with Gasteiger partial charge in [0, 0.05) is 17.2 Å². The van der Waals surface area contributed by atoms with Gasteiger partial charge in [0.1, 0.15) is 0 Å². The van der Waals surface area contributed by atoms with Gasteiger partial charge >= 0.3 is 0 Å². The van der Waals surface area contributed by atoms with Crippen LogP contribution in [-0.4, -0.2) is 16.0 Å². The summed E-state index contributed by atoms with van der Waals surface area (Å²) in [6.07, 6.45) is 1.70. The van der Waals surface area contributed by atoms with Crippen molar-refractivity contribution in [1.82, 2.24) is 5.32 Å². The first-order valence-electron chi connectivity index (χ1n) is 7.23. The molecular weight excluding hydrogens is 362 g/mol. The van der Waals surface area contributed by atoms with Crippen LogP contribution in [0.15, 0.2) is 52.4 Å². The number of thioether (sulfide) groups is 1. The number of amides is 1. The molecular formula is C17H12ClN3O3S. The molecule has 3 rings (SSSR count). The first-order chi connectivity index (χ1) is 11.9. The minimum absolute atomic E-state index is 0.00358. The van der Waals surface area contributed by atoms with Crippen LogP contribution in [-0.2, 0) is 4.79 Å². The van der Waals surface area contributed by atoms with E-state index in [-0.39, 0.29) is 11.6 Å². The maximum Gasteiger partial charge on any atom is 0.269 e. The van der Waals surface area contributed by atoms with E-state index in [9.17, 15) is 14.9 Å². The van der Waals surface area contributed by atoms with Crippen molar-refractivity contribution in [1.29, 1.82) is 0 Å². The highest BCUT2D eigenvalue weighted by molar-refractivity contribution is 8.18. The highest BCUT2D eigenvalue weighted by atomic mass is 35.5. The topological polar surface area (TPSA) is 84.6 Å². The predicted molar refractivity (Wildman–Crippen MR) is 100 cm³/mol. The van der Waals surface area contributed by atoms with Crippen molar-refractivity contribution in [3.8, 4) is 0 Å². The van der Waals surface area contributed by atoms with Gasteiger partial charge in [0.05, 0.1) is 15.5 Å². The zero-order valence-corrected chi connectivity index (χ0v) is 14.6. The largest absolute Gasteiger partial charge is 0.300 e. The summed E-state index contributed by atoms with van der Waals surface area (Å²) in [5, 5.41) is 14.4. The number of halogens is 1. The van der Waals surface area contributed by atoms with Gasteiger partial charge in [-0.05, 0) is 48.0 Å². The Morgan fingerprint density at radius 2 is 2.04 bits per heavy atom. The number of nitro groups is 1. The van der Waals surface area contributed by atoms with Crippen LogP contribution in [0.1, 0.15) is 11.1 Å². The van der Waals surface area contributed by atoms with E-state index in [1.165, 1.54) is 23.9 Å². The molecule has 1 saturated heterocycles. The van der Waals surface area contributed by atoms with Gasteiger partial charge in [0.15, 0.2) is 5.17 Å². The van der Waals surface area contributed by atoms with E-state index < -0.39 is 4.92 Å². The van der Waals surface area contributed by atoms with Gasteiger partial charge in [0.25, 0.3) is 11.6 Å². The van der Waals surface area contributed by atoms with Crippen LogP contribution in [0.25, 0.3) is 6.08 Å². The smallest absolute Gasteiger partial charge is 0.269 e. The average Bonchev–Trinajstić information content (AvgIpc) is 2.91. The third kappa shape index (κ3) is 3.89. The fourth-order valence-electron chi connectivity index (χ4n) is 2.20. The molecule has 1 N–H and O–H groups in total. The standard InChI is InChI=1S/C17H12ClN3O3S/c1-10-8-12(21(23)24)6-7-14(10)19-17-20-16(22)15(25-17)9-11-4-2-3-5-13(11)18/h2-9H,1H3,(H,19,20,22)/b15-9+. The summed E-state index contributed by atoms with van der Waals surface area (Å²) in [4.78, 5) is 27.3. The van der Waals surface area contributed by atoms with E-state index in [1.807, 2.05) is 18.2 Å². The lowest BCUT2D eigenvalue weighted by molar-refractivity contribution is -0.384. The van der Waals surface area contributed by atoms with Crippen LogP contribution in [0.4, 0.5) is 11.4 Å². The second kappa shape index (κ2) is 7.08. The number of nitrogens with zero attached hydrogens (tertiary/aromatic N) is 2. The number of aryl methyl sites for hydroxylation is 1. The van der Waals surface area contributed by atoms with E-state index in [2.05, 4.69) is 10.3 Å². The summed E-state index contributed by atoms with van der Waals surface area (Å²) < 4.78 is 0. The van der Waals surface area contributed by atoms with E-state index in [1.54, 1.807) is 25.1 Å². The second-order valence-electron chi connectivity index (χ2n) is 5.23. The summed E-state index contributed by atoms with van der Waals surface area (Å²) in [5.74, 6) is -0.261. The summed E-state index contributed by atoms with van der Waals surface area (Å²) in [6.45, 7) is 1.73. The molecule has 0 aromatic heterocycles. The van der Waals surface area contributed by atoms with E-state index in [0.717, 1.165) is 5.56 Å². The van der Waals surface area contributed by atoms with Gasteiger partial charge in [-0.1, -0.05) is 29.8 Å². The predicted octanol–water partition coefficient (Wildman–Crippen LogP) is 4.45. The van der Waals surface area contributed by atoms with Crippen molar-refractivity contribution >= 4 is 51.9 Å². The quantitative estimate of drug-likeness (QED) is 0.489. The SMILES string of the molecule is Cc1cc([N+](=O)[O-])ccc1N=C1NC(=O)/C(=C\c2ccccc2Cl)S1. The Labute approximate surface area is 152 Å². The Hall–Kier alpha value is -2.64. The van der Waals surface area contributed by atoms with Gasteiger partial charge in [-0.15, -0.1) is 0 Å². The number of carbonyl (C=O) groups excluding carboxylic acids is 1. The normalized spacial score (nSPS) is 17.1. The molecule has 1 heterocycles. The Balaban J connectivity index is 1.86. The summed E-state index contributed by atoms with van der Waals surface area (Å²) >= 11 is 7.30. The maximum absolute atomic E-state index is 12.1. The van der Waals surface area contributed by atoms with Crippen LogP contribution in [0, 0.1) is 17.0 Å². The fourth-order valence-corrected chi connectivity index (χ4v) is 3.22. The number of rotatable bonds is 3. The molecule has 8 heteroatoms. The van der Waals surface area contributed by atoms with Gasteiger partial charge in [-0.2, -0.15) is 0 Å². The highest BCUT2D eigenvalue weighted by Crippen LogP contribution is 2.31. The molecule has 2 aromatic carbocycles. The van der Waals surface area contributed by atoms with Crippen molar-refractivity contribution in [2.45, 2.75) is 6.92 Å². The Kier molecular flexibility index (Phi) is 4.87. The van der Waals surface area contributed by atoms with Gasteiger partial charge < -0.3 is 5.32 Å². The number of nitro benzene ring substituents is 1. The number of benzene rings is 2. The molecule has 0 radical (unpaired) electrons. The highest BCUT2D eigenvalue weighted by Gasteiger charge is 2.24. The van der Waals surface area contributed by atoms with Gasteiger partial charge in [-0.25, -0.2) is 4.99 Å². The molecule has 0 unspecified atom stereocenters. The summed E-state index contributed by atoms with van der Waals surface area (Å²) in [7, 11) is 0. The number of hydrogen-bond acceptors (Lipinski definition) is 5. The van der Waals surface area contributed by atoms with Crippen LogP contribution in [0.3, 0.4) is 0 Å². The molecule has 25 heavy (non-hydrogen) atoms. The van der Waals surface area contributed by atoms with Crippen LogP contribution < -0.4 is 5.32 Å². The third-order valence-electron chi connectivity index (χ3n) is 3.46. The molecule has 0 bridgehead atoms. The number of carbonyl (C=O) groups is 1. The lowest BCUT2D eigenvalue weighted by atomic mass is 10.2. The first-order valence-corrected chi connectivity index (χ1v) is 8.42. The molecule has 1 amide bonds. The minimum atomic E-state index is -0.458. The van der Waals surface area contributed by atoms with Crippen LogP contribution in [0.2, 0.25) is 5.02 Å². The molecule has 1 aliphatic rings. The van der Waals surface area contributed by atoms with Crippen molar-refractivity contribution in [3.05, 3.63) is 73.6 Å². The number of hydrogen-bond donors (Lipinski definition) is 1. The molecule has 0 spiro atoms. The van der Waals surface area contributed by atoms with Crippen molar-refractivity contribution in [2.24, 2.45) is 4.99 Å². The van der Waals surface area contributed by atoms with E-state index in [0.29, 0.717) is 26.3 Å². The molecule has 0 saturated carbocycles. The minimum Gasteiger partial charge on any atom is -0.300 e. The number of amidine groups is 1. The van der Waals surface area contributed by atoms with Gasteiger partial charge in [-0.3, -0.25) is 14.9 Å². The molecule has 0 atom stereocenters. The first kappa shape index (κ1) is 17.2. The third-order valence-corrected chi connectivity index (χ3v) is 4.71. The zero-order chi connectivity index (χ0) is 18.0. The van der Waals surface area contributed by atoms with Crippen molar-refractivity contribution in [2.75, 3.05) is 0 Å². The number of non-ortho nitro benzene ring substituents is 1. The molecule has 126 valence electrons. The Morgan fingerprint density at radius 3 is 2.72 bits per heavy atom. The lowest BCUT2D eigenvalue weighted by Crippen LogP contribution is -2.19. The monoisotopic (exact) mass is 373 g/mol. The number of nitrogens with one attached hydrogen (secondary N) is 1. The molecule has 1 fully saturated rings. The molecule has 0 aliphatic carbocycles. The maximum atomic E-state index is 12.1. The van der Waals surface area contributed by atoms with Crippen LogP contribution >= 0.6 is 23.4 Å². The van der Waals surface area contributed by atoms with Crippen molar-refractivity contribution in [3.63, 3.8) is 0 Å². The Morgan fingerprint density at radius 1 is 1.28 bits per heavy atom. The Bertz CT molecular complexity index is 940. The van der Waals surface area contributed by atoms with Gasteiger partial charge in [0.2, 0.25) is 0 Å². The van der Waals surface area contributed by atoms with Crippen LogP contribution in [0.5, 0.6) is 0 Å². The molecule has 2 aromatic rings.